The van der Waals surface area contributed by atoms with Gasteiger partial charge >= 0.3 is 0 Å². The summed E-state index contributed by atoms with van der Waals surface area (Å²) in [5.74, 6) is 0.356. The Morgan fingerprint density at radius 3 is 2.63 bits per heavy atom. The second kappa shape index (κ2) is 8.57. The second-order valence-electron chi connectivity index (χ2n) is 5.69. The van der Waals surface area contributed by atoms with Gasteiger partial charge in [-0.2, -0.15) is 0 Å². The molecule has 1 amide bonds. The molecule has 0 spiro atoms. The van der Waals surface area contributed by atoms with Crippen LogP contribution < -0.4 is 10.1 Å². The van der Waals surface area contributed by atoms with E-state index >= 15 is 0 Å². The Balaban J connectivity index is 1.81. The van der Waals surface area contributed by atoms with Gasteiger partial charge in [0, 0.05) is 17.1 Å². The van der Waals surface area contributed by atoms with E-state index in [-0.39, 0.29) is 12.5 Å². The molecule has 0 aliphatic carbocycles. The van der Waals surface area contributed by atoms with E-state index in [1.165, 1.54) is 17.4 Å². The third-order valence-electron chi connectivity index (χ3n) is 3.96. The van der Waals surface area contributed by atoms with Crippen LogP contribution in [0.3, 0.4) is 0 Å². The Hall–Kier alpha value is -2.34. The number of hydrogen-bond donors (Lipinski definition) is 1. The van der Waals surface area contributed by atoms with Crippen molar-refractivity contribution in [2.24, 2.45) is 0 Å². The Morgan fingerprint density at radius 1 is 1.15 bits per heavy atom. The number of halogens is 2. The summed E-state index contributed by atoms with van der Waals surface area (Å²) in [6.45, 7) is 0.263. The molecule has 1 heterocycles. The lowest BCUT2D eigenvalue weighted by molar-refractivity contribution is 0.0950. The molecule has 27 heavy (non-hydrogen) atoms. The molecular formula is C20H15Cl2NO3S. The molecule has 2 aromatic carbocycles. The molecular weight excluding hydrogens is 405 g/mol. The number of carbonyl (C=O) groups is 2. The summed E-state index contributed by atoms with van der Waals surface area (Å²) >= 11 is 13.3. The van der Waals surface area contributed by atoms with Crippen LogP contribution in [0.1, 0.15) is 25.6 Å². The molecule has 0 radical (unpaired) electrons. The number of amides is 1. The molecule has 3 aromatic rings. The van der Waals surface area contributed by atoms with E-state index in [0.29, 0.717) is 26.2 Å². The van der Waals surface area contributed by atoms with Gasteiger partial charge in [0.1, 0.15) is 5.75 Å². The SMILES string of the molecule is COc1ccc(-c2csc(C=O)c2)cc1CNC(=O)c1ccc(Cl)cc1Cl. The van der Waals surface area contributed by atoms with Gasteiger partial charge in [-0.05, 0) is 52.9 Å². The van der Waals surface area contributed by atoms with E-state index in [1.54, 1.807) is 19.2 Å². The first-order valence-corrected chi connectivity index (χ1v) is 9.59. The van der Waals surface area contributed by atoms with Crippen LogP contribution in [0.5, 0.6) is 5.75 Å². The van der Waals surface area contributed by atoms with Crippen LogP contribution in [0, 0.1) is 0 Å². The van der Waals surface area contributed by atoms with Crippen molar-refractivity contribution in [1.29, 1.82) is 0 Å². The van der Waals surface area contributed by atoms with Gasteiger partial charge in [-0.25, -0.2) is 0 Å². The predicted octanol–water partition coefficient (Wildman–Crippen LogP) is 5.47. The number of aldehydes is 1. The molecule has 0 fully saturated rings. The highest BCUT2D eigenvalue weighted by Crippen LogP contribution is 2.29. The number of ether oxygens (including phenoxy) is 1. The molecule has 4 nitrogen and oxygen atoms in total. The molecule has 0 saturated carbocycles. The standard InChI is InChI=1S/C20H15Cl2NO3S/c1-26-19-5-2-12(14-7-16(10-24)27-11-14)6-13(19)9-23-20(25)17-4-3-15(21)8-18(17)22/h2-8,10-11H,9H2,1H3,(H,23,25). The lowest BCUT2D eigenvalue weighted by Gasteiger charge is -2.12. The third kappa shape index (κ3) is 4.50. The fourth-order valence-corrected chi connectivity index (χ4v) is 3.82. The molecule has 0 aliphatic heterocycles. The maximum absolute atomic E-state index is 12.4. The highest BCUT2D eigenvalue weighted by Gasteiger charge is 2.13. The summed E-state index contributed by atoms with van der Waals surface area (Å²) < 4.78 is 5.39. The van der Waals surface area contributed by atoms with Crippen LogP contribution in [-0.2, 0) is 6.54 Å². The number of nitrogens with one attached hydrogen (secondary N) is 1. The monoisotopic (exact) mass is 419 g/mol. The second-order valence-corrected chi connectivity index (χ2v) is 7.48. The van der Waals surface area contributed by atoms with Crippen LogP contribution in [0.4, 0.5) is 0 Å². The van der Waals surface area contributed by atoms with Gasteiger partial charge in [0.25, 0.3) is 5.91 Å². The molecule has 1 N–H and O–H groups in total. The zero-order chi connectivity index (χ0) is 19.4. The number of benzene rings is 2. The average Bonchev–Trinajstić information content (AvgIpc) is 3.15. The highest BCUT2D eigenvalue weighted by atomic mass is 35.5. The van der Waals surface area contributed by atoms with E-state index in [0.717, 1.165) is 23.0 Å². The van der Waals surface area contributed by atoms with Gasteiger partial charge < -0.3 is 10.1 Å². The van der Waals surface area contributed by atoms with Crippen molar-refractivity contribution < 1.29 is 14.3 Å². The minimum Gasteiger partial charge on any atom is -0.496 e. The number of hydrogen-bond acceptors (Lipinski definition) is 4. The van der Waals surface area contributed by atoms with E-state index in [4.69, 9.17) is 27.9 Å². The first kappa shape index (κ1) is 19.4. The molecule has 0 bridgehead atoms. The zero-order valence-corrected chi connectivity index (χ0v) is 16.6. The Labute approximate surface area is 170 Å². The summed E-state index contributed by atoms with van der Waals surface area (Å²) in [5.41, 5.74) is 3.05. The summed E-state index contributed by atoms with van der Waals surface area (Å²) in [6, 6.07) is 12.2. The zero-order valence-electron chi connectivity index (χ0n) is 14.3. The summed E-state index contributed by atoms with van der Waals surface area (Å²) in [5, 5.41) is 5.52. The topological polar surface area (TPSA) is 55.4 Å². The van der Waals surface area contributed by atoms with Crippen LogP contribution in [0.2, 0.25) is 10.0 Å². The van der Waals surface area contributed by atoms with Crippen molar-refractivity contribution in [3.63, 3.8) is 0 Å². The predicted molar refractivity (Wildman–Crippen MR) is 109 cm³/mol. The van der Waals surface area contributed by atoms with Crippen molar-refractivity contribution in [2.75, 3.05) is 7.11 Å². The molecule has 0 aliphatic rings. The molecule has 1 aromatic heterocycles. The minimum absolute atomic E-state index is 0.263. The van der Waals surface area contributed by atoms with Crippen LogP contribution in [0.25, 0.3) is 11.1 Å². The van der Waals surface area contributed by atoms with Crippen molar-refractivity contribution in [3.05, 3.63) is 73.9 Å². The smallest absolute Gasteiger partial charge is 0.253 e. The molecule has 0 atom stereocenters. The summed E-state index contributed by atoms with van der Waals surface area (Å²) in [4.78, 5) is 24.0. The number of methoxy groups -OCH3 is 1. The number of thiophene rings is 1. The van der Waals surface area contributed by atoms with Crippen LogP contribution in [0.15, 0.2) is 47.8 Å². The van der Waals surface area contributed by atoms with E-state index in [2.05, 4.69) is 5.32 Å². The van der Waals surface area contributed by atoms with Crippen molar-refractivity contribution in [2.45, 2.75) is 6.54 Å². The van der Waals surface area contributed by atoms with Gasteiger partial charge in [-0.3, -0.25) is 9.59 Å². The largest absolute Gasteiger partial charge is 0.496 e. The molecule has 3 rings (SSSR count). The Kier molecular flexibility index (Phi) is 6.16. The average molecular weight is 420 g/mol. The maximum Gasteiger partial charge on any atom is 0.253 e. The number of carbonyl (C=O) groups excluding carboxylic acids is 2. The first-order valence-electron chi connectivity index (χ1n) is 7.96. The summed E-state index contributed by atoms with van der Waals surface area (Å²) in [7, 11) is 1.57. The maximum atomic E-state index is 12.4. The van der Waals surface area contributed by atoms with Crippen molar-refractivity contribution >= 4 is 46.7 Å². The van der Waals surface area contributed by atoms with Gasteiger partial charge in [0.15, 0.2) is 6.29 Å². The molecule has 138 valence electrons. The quantitative estimate of drug-likeness (QED) is 0.538. The summed E-state index contributed by atoms with van der Waals surface area (Å²) in [6.07, 6.45) is 0.828. The molecule has 0 saturated heterocycles. The van der Waals surface area contributed by atoms with Gasteiger partial charge in [-0.15, -0.1) is 11.3 Å². The van der Waals surface area contributed by atoms with E-state index in [9.17, 15) is 9.59 Å². The normalized spacial score (nSPS) is 10.5. The third-order valence-corrected chi connectivity index (χ3v) is 5.37. The minimum atomic E-state index is -0.303. The van der Waals surface area contributed by atoms with Crippen molar-refractivity contribution in [3.8, 4) is 16.9 Å². The number of rotatable bonds is 6. The van der Waals surface area contributed by atoms with Gasteiger partial charge in [0.05, 0.1) is 22.6 Å². The Bertz CT molecular complexity index is 1000. The lowest BCUT2D eigenvalue weighted by Crippen LogP contribution is -2.23. The lowest BCUT2D eigenvalue weighted by atomic mass is 10.0. The fraction of sp³-hybridized carbons (Fsp3) is 0.100. The van der Waals surface area contributed by atoms with Crippen molar-refractivity contribution in [1.82, 2.24) is 5.32 Å². The fourth-order valence-electron chi connectivity index (χ4n) is 2.61. The highest BCUT2D eigenvalue weighted by molar-refractivity contribution is 7.12. The van der Waals surface area contributed by atoms with Gasteiger partial charge in [-0.1, -0.05) is 29.3 Å². The van der Waals surface area contributed by atoms with Crippen LogP contribution >= 0.6 is 34.5 Å². The van der Waals surface area contributed by atoms with E-state index in [1.807, 2.05) is 29.6 Å². The molecule has 0 unspecified atom stereocenters. The van der Waals surface area contributed by atoms with Gasteiger partial charge in [0.2, 0.25) is 0 Å². The van der Waals surface area contributed by atoms with Crippen LogP contribution in [-0.4, -0.2) is 19.3 Å². The Morgan fingerprint density at radius 2 is 1.96 bits per heavy atom. The first-order chi connectivity index (χ1) is 13.0. The van der Waals surface area contributed by atoms with E-state index < -0.39 is 0 Å². The molecule has 7 heteroatoms.